The highest BCUT2D eigenvalue weighted by Crippen LogP contribution is 2.40. The quantitative estimate of drug-likeness (QED) is 0.855. The summed E-state index contributed by atoms with van der Waals surface area (Å²) >= 11 is 0. The van der Waals surface area contributed by atoms with Gasteiger partial charge in [0.2, 0.25) is 5.75 Å². The van der Waals surface area contributed by atoms with E-state index in [4.69, 9.17) is 14.2 Å². The Labute approximate surface area is 120 Å². The van der Waals surface area contributed by atoms with Crippen LogP contribution in [0.2, 0.25) is 0 Å². The van der Waals surface area contributed by atoms with Gasteiger partial charge < -0.3 is 19.5 Å². The summed E-state index contributed by atoms with van der Waals surface area (Å²) in [5, 5.41) is 3.33. The highest BCUT2D eigenvalue weighted by molar-refractivity contribution is 5.55. The molecule has 0 aliphatic carbocycles. The molecular formula is C15H24N2O3. The molecular weight excluding hydrogens is 256 g/mol. The van der Waals surface area contributed by atoms with Crippen molar-refractivity contribution in [3.05, 3.63) is 17.7 Å². The normalized spacial score (nSPS) is 19.1. The summed E-state index contributed by atoms with van der Waals surface area (Å²) in [4.78, 5) is 2.42. The molecule has 1 aromatic rings. The molecule has 0 radical (unpaired) electrons. The molecule has 1 N–H and O–H groups in total. The number of likely N-dealkylation sites (tertiary alicyclic amines) is 1. The van der Waals surface area contributed by atoms with Crippen LogP contribution < -0.4 is 19.5 Å². The third-order valence-electron chi connectivity index (χ3n) is 3.86. The maximum absolute atomic E-state index is 5.53. The molecule has 5 heteroatoms. The van der Waals surface area contributed by atoms with Crippen molar-refractivity contribution in [2.75, 3.05) is 41.5 Å². The SMILES string of the molecule is CNC1CCN(Cc2ccc(OC)c(OC)c2OC)C1. The molecule has 1 aromatic carbocycles. The first-order valence-corrected chi connectivity index (χ1v) is 6.91. The van der Waals surface area contributed by atoms with Crippen LogP contribution in [-0.4, -0.2) is 52.4 Å². The Morgan fingerprint density at radius 3 is 2.45 bits per heavy atom. The van der Waals surface area contributed by atoms with E-state index in [2.05, 4.69) is 10.2 Å². The molecule has 5 nitrogen and oxygen atoms in total. The van der Waals surface area contributed by atoms with Crippen LogP contribution in [0.4, 0.5) is 0 Å². The summed E-state index contributed by atoms with van der Waals surface area (Å²) in [6.07, 6.45) is 1.19. The summed E-state index contributed by atoms with van der Waals surface area (Å²) in [6, 6.07) is 4.57. The molecule has 20 heavy (non-hydrogen) atoms. The molecule has 0 bridgehead atoms. The van der Waals surface area contributed by atoms with Gasteiger partial charge in [-0.05, 0) is 19.5 Å². The Hall–Kier alpha value is -1.46. The molecule has 1 aliphatic rings. The molecule has 1 saturated heterocycles. The monoisotopic (exact) mass is 280 g/mol. The average molecular weight is 280 g/mol. The van der Waals surface area contributed by atoms with E-state index in [0.29, 0.717) is 17.5 Å². The average Bonchev–Trinajstić information content (AvgIpc) is 2.94. The third-order valence-corrected chi connectivity index (χ3v) is 3.86. The Balaban J connectivity index is 2.19. The van der Waals surface area contributed by atoms with Crippen molar-refractivity contribution in [1.82, 2.24) is 10.2 Å². The number of benzene rings is 1. The number of hydrogen-bond donors (Lipinski definition) is 1. The summed E-state index contributed by atoms with van der Waals surface area (Å²) in [6.45, 7) is 3.03. The number of methoxy groups -OCH3 is 3. The summed E-state index contributed by atoms with van der Waals surface area (Å²) in [5.74, 6) is 2.12. The second-order valence-corrected chi connectivity index (χ2v) is 5.00. The minimum atomic E-state index is 0.584. The molecule has 0 saturated carbocycles. The summed E-state index contributed by atoms with van der Waals surface area (Å²) in [5.41, 5.74) is 1.13. The first-order chi connectivity index (χ1) is 9.73. The standard InChI is InChI=1S/C15H24N2O3/c1-16-12-7-8-17(10-12)9-11-5-6-13(18-2)15(20-4)14(11)19-3/h5-6,12,16H,7-10H2,1-4H3. The van der Waals surface area contributed by atoms with Crippen LogP contribution >= 0.6 is 0 Å². The summed E-state index contributed by atoms with van der Waals surface area (Å²) in [7, 11) is 6.96. The largest absolute Gasteiger partial charge is 0.493 e. The van der Waals surface area contributed by atoms with Crippen LogP contribution in [0.5, 0.6) is 17.2 Å². The highest BCUT2D eigenvalue weighted by Gasteiger charge is 2.23. The lowest BCUT2D eigenvalue weighted by Crippen LogP contribution is -2.29. The Morgan fingerprint density at radius 1 is 1.15 bits per heavy atom. The van der Waals surface area contributed by atoms with Gasteiger partial charge in [-0.3, -0.25) is 4.90 Å². The molecule has 0 spiro atoms. The van der Waals surface area contributed by atoms with Gasteiger partial charge in [0, 0.05) is 31.2 Å². The highest BCUT2D eigenvalue weighted by atomic mass is 16.5. The molecule has 2 rings (SSSR count). The first kappa shape index (κ1) is 14.9. The van der Waals surface area contributed by atoms with E-state index in [1.165, 1.54) is 6.42 Å². The van der Waals surface area contributed by atoms with E-state index in [1.807, 2.05) is 19.2 Å². The zero-order chi connectivity index (χ0) is 14.5. The Kier molecular flexibility index (Phi) is 5.09. The maximum Gasteiger partial charge on any atom is 0.203 e. The van der Waals surface area contributed by atoms with Crippen LogP contribution in [0.1, 0.15) is 12.0 Å². The van der Waals surface area contributed by atoms with E-state index in [-0.39, 0.29) is 0 Å². The molecule has 1 fully saturated rings. The number of ether oxygens (including phenoxy) is 3. The predicted octanol–water partition coefficient (Wildman–Crippen LogP) is 1.51. The minimum absolute atomic E-state index is 0.584. The third kappa shape index (κ3) is 2.99. The van der Waals surface area contributed by atoms with Gasteiger partial charge in [0.25, 0.3) is 0 Å². The van der Waals surface area contributed by atoms with Crippen molar-refractivity contribution in [3.63, 3.8) is 0 Å². The fourth-order valence-corrected chi connectivity index (χ4v) is 2.74. The van der Waals surface area contributed by atoms with Crippen LogP contribution in [0.15, 0.2) is 12.1 Å². The lowest BCUT2D eigenvalue weighted by Gasteiger charge is -2.20. The van der Waals surface area contributed by atoms with E-state index >= 15 is 0 Å². The van der Waals surface area contributed by atoms with Gasteiger partial charge in [0.1, 0.15) is 0 Å². The molecule has 112 valence electrons. The zero-order valence-corrected chi connectivity index (χ0v) is 12.7. The van der Waals surface area contributed by atoms with Gasteiger partial charge in [-0.25, -0.2) is 0 Å². The fraction of sp³-hybridized carbons (Fsp3) is 0.600. The Morgan fingerprint density at radius 2 is 1.90 bits per heavy atom. The van der Waals surface area contributed by atoms with Crippen LogP contribution in [0.3, 0.4) is 0 Å². The first-order valence-electron chi connectivity index (χ1n) is 6.91. The number of nitrogens with one attached hydrogen (secondary N) is 1. The van der Waals surface area contributed by atoms with Crippen molar-refractivity contribution in [2.24, 2.45) is 0 Å². The molecule has 1 aliphatic heterocycles. The van der Waals surface area contributed by atoms with Crippen molar-refractivity contribution in [3.8, 4) is 17.2 Å². The smallest absolute Gasteiger partial charge is 0.203 e. The van der Waals surface area contributed by atoms with Crippen LogP contribution in [-0.2, 0) is 6.54 Å². The van der Waals surface area contributed by atoms with Crippen molar-refractivity contribution >= 4 is 0 Å². The molecule has 1 unspecified atom stereocenters. The van der Waals surface area contributed by atoms with E-state index in [9.17, 15) is 0 Å². The molecule has 1 atom stereocenters. The van der Waals surface area contributed by atoms with Crippen LogP contribution in [0.25, 0.3) is 0 Å². The Bertz CT molecular complexity index is 451. The number of nitrogens with zero attached hydrogens (tertiary/aromatic N) is 1. The van der Waals surface area contributed by atoms with Gasteiger partial charge in [-0.1, -0.05) is 6.07 Å². The van der Waals surface area contributed by atoms with Gasteiger partial charge in [-0.15, -0.1) is 0 Å². The lowest BCUT2D eigenvalue weighted by molar-refractivity contribution is 0.298. The number of rotatable bonds is 6. The van der Waals surface area contributed by atoms with E-state index < -0.39 is 0 Å². The van der Waals surface area contributed by atoms with E-state index in [1.54, 1.807) is 21.3 Å². The maximum atomic E-state index is 5.53. The van der Waals surface area contributed by atoms with Gasteiger partial charge in [0.15, 0.2) is 11.5 Å². The lowest BCUT2D eigenvalue weighted by atomic mass is 10.1. The van der Waals surface area contributed by atoms with Crippen molar-refractivity contribution in [1.29, 1.82) is 0 Å². The van der Waals surface area contributed by atoms with Crippen molar-refractivity contribution in [2.45, 2.75) is 19.0 Å². The number of hydrogen-bond acceptors (Lipinski definition) is 5. The van der Waals surface area contributed by atoms with Crippen LogP contribution in [0, 0.1) is 0 Å². The van der Waals surface area contributed by atoms with E-state index in [0.717, 1.165) is 30.9 Å². The number of likely N-dealkylation sites (N-methyl/N-ethyl adjacent to an activating group) is 1. The fourth-order valence-electron chi connectivity index (χ4n) is 2.74. The minimum Gasteiger partial charge on any atom is -0.493 e. The summed E-state index contributed by atoms with van der Waals surface area (Å²) < 4.78 is 16.3. The molecule has 0 amide bonds. The predicted molar refractivity (Wildman–Crippen MR) is 78.8 cm³/mol. The van der Waals surface area contributed by atoms with Gasteiger partial charge in [-0.2, -0.15) is 0 Å². The molecule has 0 aromatic heterocycles. The van der Waals surface area contributed by atoms with Gasteiger partial charge in [0.05, 0.1) is 21.3 Å². The van der Waals surface area contributed by atoms with Gasteiger partial charge >= 0.3 is 0 Å². The topological polar surface area (TPSA) is 43.0 Å². The second kappa shape index (κ2) is 6.81. The zero-order valence-electron chi connectivity index (χ0n) is 12.7. The molecule has 1 heterocycles. The van der Waals surface area contributed by atoms with Crippen molar-refractivity contribution < 1.29 is 14.2 Å². The second-order valence-electron chi connectivity index (χ2n) is 5.00.